The lowest BCUT2D eigenvalue weighted by Crippen LogP contribution is -2.41. The van der Waals surface area contributed by atoms with E-state index in [9.17, 15) is 9.59 Å². The van der Waals surface area contributed by atoms with Gasteiger partial charge in [-0.1, -0.05) is 19.3 Å². The minimum absolute atomic E-state index is 0.140. The average Bonchev–Trinajstić information content (AvgIpc) is 2.15. The van der Waals surface area contributed by atoms with E-state index in [1.807, 2.05) is 6.29 Å². The summed E-state index contributed by atoms with van der Waals surface area (Å²) in [6.07, 6.45) is 7.60. The Kier molecular flexibility index (Phi) is 3.93. The van der Waals surface area contributed by atoms with Crippen LogP contribution in [0.4, 0.5) is 0 Å². The highest BCUT2D eigenvalue weighted by atomic mass is 16.2. The number of carbonyl (C=O) groups is 1. The van der Waals surface area contributed by atoms with Crippen LogP contribution < -0.4 is 5.32 Å². The summed E-state index contributed by atoms with van der Waals surface area (Å²) < 4.78 is 0. The molecular formula is C10H16NO2. The van der Waals surface area contributed by atoms with Gasteiger partial charge in [-0.05, 0) is 18.8 Å². The molecule has 0 heterocycles. The van der Waals surface area contributed by atoms with Crippen molar-refractivity contribution in [2.75, 3.05) is 0 Å². The van der Waals surface area contributed by atoms with E-state index in [1.54, 1.807) is 0 Å². The van der Waals surface area contributed by atoms with E-state index in [0.717, 1.165) is 12.8 Å². The van der Waals surface area contributed by atoms with E-state index in [4.69, 9.17) is 0 Å². The lowest BCUT2D eigenvalue weighted by Gasteiger charge is -2.26. The van der Waals surface area contributed by atoms with Crippen molar-refractivity contribution < 1.29 is 9.59 Å². The minimum Gasteiger partial charge on any atom is -0.346 e. The predicted molar refractivity (Wildman–Crippen MR) is 49.9 cm³/mol. The third kappa shape index (κ3) is 3.17. The fourth-order valence-corrected chi connectivity index (χ4v) is 1.93. The monoisotopic (exact) mass is 182 g/mol. The van der Waals surface area contributed by atoms with Crippen LogP contribution in [0.25, 0.3) is 0 Å². The molecular weight excluding hydrogens is 166 g/mol. The SMILES string of the molecule is CC(=O)NC([C]=O)C1CCCCC1. The van der Waals surface area contributed by atoms with Crippen molar-refractivity contribution in [3.05, 3.63) is 0 Å². The molecule has 1 unspecified atom stereocenters. The van der Waals surface area contributed by atoms with Crippen LogP contribution >= 0.6 is 0 Å². The first-order chi connectivity index (χ1) is 6.24. The van der Waals surface area contributed by atoms with E-state index in [-0.39, 0.29) is 11.9 Å². The fraction of sp³-hybridized carbons (Fsp3) is 0.800. The Morgan fingerprint density at radius 2 is 2.00 bits per heavy atom. The summed E-state index contributed by atoms with van der Waals surface area (Å²) in [5, 5.41) is 2.64. The van der Waals surface area contributed by atoms with Crippen molar-refractivity contribution in [3.63, 3.8) is 0 Å². The summed E-state index contributed by atoms with van der Waals surface area (Å²) in [6, 6.07) is -0.377. The van der Waals surface area contributed by atoms with E-state index in [0.29, 0.717) is 5.92 Å². The van der Waals surface area contributed by atoms with Crippen LogP contribution in [0.5, 0.6) is 0 Å². The normalized spacial score (nSPS) is 20.7. The zero-order chi connectivity index (χ0) is 9.68. The first kappa shape index (κ1) is 10.2. The second-order valence-electron chi connectivity index (χ2n) is 3.69. The highest BCUT2D eigenvalue weighted by Gasteiger charge is 2.24. The van der Waals surface area contributed by atoms with Crippen LogP contribution in [-0.4, -0.2) is 18.2 Å². The molecule has 3 nitrogen and oxygen atoms in total. The molecule has 0 aliphatic heterocycles. The Hall–Kier alpha value is -0.860. The third-order valence-corrected chi connectivity index (χ3v) is 2.61. The van der Waals surface area contributed by atoms with Crippen LogP contribution in [0.1, 0.15) is 39.0 Å². The summed E-state index contributed by atoms with van der Waals surface area (Å²) in [7, 11) is 0. The summed E-state index contributed by atoms with van der Waals surface area (Å²) >= 11 is 0. The summed E-state index contributed by atoms with van der Waals surface area (Å²) in [6.45, 7) is 1.44. The van der Waals surface area contributed by atoms with Crippen molar-refractivity contribution in [2.24, 2.45) is 5.92 Å². The second-order valence-corrected chi connectivity index (χ2v) is 3.69. The van der Waals surface area contributed by atoms with Crippen molar-refractivity contribution in [3.8, 4) is 0 Å². The first-order valence-corrected chi connectivity index (χ1v) is 4.89. The zero-order valence-electron chi connectivity index (χ0n) is 8.01. The van der Waals surface area contributed by atoms with E-state index in [1.165, 1.54) is 26.2 Å². The third-order valence-electron chi connectivity index (χ3n) is 2.61. The van der Waals surface area contributed by atoms with Gasteiger partial charge in [0.25, 0.3) is 0 Å². The maximum absolute atomic E-state index is 10.8. The van der Waals surface area contributed by atoms with Gasteiger partial charge in [0.05, 0.1) is 6.04 Å². The molecule has 1 N–H and O–H groups in total. The molecule has 0 bridgehead atoms. The Morgan fingerprint density at radius 3 is 2.46 bits per heavy atom. The Bertz CT molecular complexity index is 185. The largest absolute Gasteiger partial charge is 0.346 e. The van der Waals surface area contributed by atoms with Crippen LogP contribution in [-0.2, 0) is 9.59 Å². The second kappa shape index (κ2) is 5.00. The molecule has 1 aliphatic rings. The Labute approximate surface area is 78.9 Å². The molecule has 1 atom stereocenters. The van der Waals surface area contributed by atoms with Crippen molar-refractivity contribution in [1.82, 2.24) is 5.32 Å². The summed E-state index contributed by atoms with van der Waals surface area (Å²) in [4.78, 5) is 21.4. The van der Waals surface area contributed by atoms with E-state index < -0.39 is 0 Å². The zero-order valence-corrected chi connectivity index (χ0v) is 8.01. The molecule has 0 aromatic rings. The van der Waals surface area contributed by atoms with Gasteiger partial charge in [0, 0.05) is 6.92 Å². The number of nitrogens with one attached hydrogen (secondary N) is 1. The van der Waals surface area contributed by atoms with Crippen LogP contribution in [0.15, 0.2) is 0 Å². The maximum Gasteiger partial charge on any atom is 0.223 e. The van der Waals surface area contributed by atoms with Gasteiger partial charge in [-0.15, -0.1) is 0 Å². The molecule has 1 aliphatic carbocycles. The maximum atomic E-state index is 10.8. The molecule has 3 heteroatoms. The molecule has 0 aromatic carbocycles. The lowest BCUT2D eigenvalue weighted by atomic mass is 9.84. The fourth-order valence-electron chi connectivity index (χ4n) is 1.93. The molecule has 1 saturated carbocycles. The standard InChI is InChI=1S/C10H16NO2/c1-8(13)11-10(7-12)9-5-3-2-4-6-9/h9-10H,2-6H2,1H3,(H,11,13). The lowest BCUT2D eigenvalue weighted by molar-refractivity contribution is -0.119. The van der Waals surface area contributed by atoms with Crippen molar-refractivity contribution >= 4 is 12.2 Å². The molecule has 73 valence electrons. The van der Waals surface area contributed by atoms with Gasteiger partial charge in [-0.25, -0.2) is 0 Å². The van der Waals surface area contributed by atoms with Crippen molar-refractivity contribution in [2.45, 2.75) is 45.1 Å². The van der Waals surface area contributed by atoms with E-state index >= 15 is 0 Å². The number of carbonyl (C=O) groups excluding carboxylic acids is 2. The quantitative estimate of drug-likeness (QED) is 0.712. The molecule has 13 heavy (non-hydrogen) atoms. The van der Waals surface area contributed by atoms with Gasteiger partial charge in [0.15, 0.2) is 0 Å². The number of hydrogen-bond donors (Lipinski definition) is 1. The van der Waals surface area contributed by atoms with Crippen LogP contribution in [0.2, 0.25) is 0 Å². The Balaban J connectivity index is 2.43. The highest BCUT2D eigenvalue weighted by molar-refractivity contribution is 5.77. The number of rotatable bonds is 3. The summed E-state index contributed by atoms with van der Waals surface area (Å²) in [5.41, 5.74) is 0. The van der Waals surface area contributed by atoms with Gasteiger partial charge >= 0.3 is 0 Å². The Morgan fingerprint density at radius 1 is 1.38 bits per heavy atom. The predicted octanol–water partition coefficient (Wildman–Crippen LogP) is 1.18. The number of amides is 1. The topological polar surface area (TPSA) is 46.2 Å². The molecule has 0 aromatic heterocycles. The van der Waals surface area contributed by atoms with Gasteiger partial charge in [0.2, 0.25) is 12.2 Å². The molecule has 1 rings (SSSR count). The number of hydrogen-bond acceptors (Lipinski definition) is 2. The van der Waals surface area contributed by atoms with Gasteiger partial charge in [0.1, 0.15) is 0 Å². The van der Waals surface area contributed by atoms with Crippen LogP contribution in [0.3, 0.4) is 0 Å². The molecule has 1 radical (unpaired) electrons. The van der Waals surface area contributed by atoms with Gasteiger partial charge < -0.3 is 5.32 Å². The molecule has 0 spiro atoms. The first-order valence-electron chi connectivity index (χ1n) is 4.89. The van der Waals surface area contributed by atoms with Gasteiger partial charge in [-0.2, -0.15) is 0 Å². The molecule has 1 amide bonds. The molecule has 1 fully saturated rings. The smallest absolute Gasteiger partial charge is 0.223 e. The van der Waals surface area contributed by atoms with Gasteiger partial charge in [-0.3, -0.25) is 9.59 Å². The van der Waals surface area contributed by atoms with E-state index in [2.05, 4.69) is 5.32 Å². The highest BCUT2D eigenvalue weighted by Crippen LogP contribution is 2.25. The summed E-state index contributed by atoms with van der Waals surface area (Å²) in [5.74, 6) is 0.175. The average molecular weight is 182 g/mol. The van der Waals surface area contributed by atoms with Crippen molar-refractivity contribution in [1.29, 1.82) is 0 Å². The van der Waals surface area contributed by atoms with Crippen LogP contribution in [0, 0.1) is 5.92 Å². The minimum atomic E-state index is -0.377. The molecule has 0 saturated heterocycles.